The SMILES string of the molecule is C=C/C=C(C)/C=C/[C@@]12O[C@]1(C)C[C@@H](O)CC2(C)C. The molecule has 0 aromatic heterocycles. The predicted molar refractivity (Wildman–Crippen MR) is 74.3 cm³/mol. The molecule has 0 unspecified atom stereocenters. The van der Waals surface area contributed by atoms with Gasteiger partial charge in [-0.05, 0) is 26.3 Å². The van der Waals surface area contributed by atoms with Crippen LogP contribution >= 0.6 is 0 Å². The van der Waals surface area contributed by atoms with Crippen molar-refractivity contribution in [1.29, 1.82) is 0 Å². The zero-order valence-corrected chi connectivity index (χ0v) is 11.9. The fourth-order valence-electron chi connectivity index (χ4n) is 3.57. The number of ether oxygens (including phenoxy) is 1. The van der Waals surface area contributed by atoms with Gasteiger partial charge >= 0.3 is 0 Å². The van der Waals surface area contributed by atoms with Gasteiger partial charge in [0.1, 0.15) is 11.2 Å². The lowest BCUT2D eigenvalue weighted by molar-refractivity contribution is 0.0515. The molecular weight excluding hydrogens is 224 g/mol. The molecule has 0 bridgehead atoms. The van der Waals surface area contributed by atoms with E-state index in [9.17, 15) is 5.11 Å². The third kappa shape index (κ3) is 1.88. The zero-order chi connectivity index (χ0) is 13.6. The first-order chi connectivity index (χ1) is 8.26. The van der Waals surface area contributed by atoms with Crippen molar-refractivity contribution >= 4 is 0 Å². The monoisotopic (exact) mass is 248 g/mol. The van der Waals surface area contributed by atoms with Crippen LogP contribution in [0, 0.1) is 5.41 Å². The van der Waals surface area contributed by atoms with Crippen molar-refractivity contribution in [2.45, 2.75) is 57.8 Å². The smallest absolute Gasteiger partial charge is 0.121 e. The number of aliphatic hydroxyl groups is 1. The highest BCUT2D eigenvalue weighted by Crippen LogP contribution is 2.66. The number of allylic oxidation sites excluding steroid dienone is 4. The van der Waals surface area contributed by atoms with E-state index in [1.54, 1.807) is 6.08 Å². The first-order valence-electron chi connectivity index (χ1n) is 6.63. The van der Waals surface area contributed by atoms with Crippen LogP contribution in [0.5, 0.6) is 0 Å². The van der Waals surface area contributed by atoms with Gasteiger partial charge < -0.3 is 9.84 Å². The van der Waals surface area contributed by atoms with Gasteiger partial charge in [0.15, 0.2) is 0 Å². The maximum Gasteiger partial charge on any atom is 0.121 e. The van der Waals surface area contributed by atoms with Crippen LogP contribution in [0.15, 0.2) is 36.5 Å². The zero-order valence-electron chi connectivity index (χ0n) is 11.9. The van der Waals surface area contributed by atoms with Crippen molar-refractivity contribution in [1.82, 2.24) is 0 Å². The van der Waals surface area contributed by atoms with Crippen LogP contribution < -0.4 is 0 Å². The summed E-state index contributed by atoms with van der Waals surface area (Å²) in [6.45, 7) is 12.2. The highest BCUT2D eigenvalue weighted by molar-refractivity contribution is 5.35. The Labute approximate surface area is 110 Å². The third-order valence-electron chi connectivity index (χ3n) is 4.47. The molecule has 0 radical (unpaired) electrons. The van der Waals surface area contributed by atoms with Gasteiger partial charge in [-0.3, -0.25) is 0 Å². The summed E-state index contributed by atoms with van der Waals surface area (Å²) in [6.07, 6.45) is 9.32. The lowest BCUT2D eigenvalue weighted by Crippen LogP contribution is -2.46. The van der Waals surface area contributed by atoms with Crippen LogP contribution in [-0.4, -0.2) is 22.4 Å². The molecular formula is C16H24O2. The maximum absolute atomic E-state index is 9.95. The van der Waals surface area contributed by atoms with Crippen LogP contribution in [0.2, 0.25) is 0 Å². The molecule has 1 aliphatic carbocycles. The molecule has 2 nitrogen and oxygen atoms in total. The second kappa shape index (κ2) is 4.07. The van der Waals surface area contributed by atoms with Crippen LogP contribution in [-0.2, 0) is 4.74 Å². The summed E-state index contributed by atoms with van der Waals surface area (Å²) < 4.78 is 6.07. The summed E-state index contributed by atoms with van der Waals surface area (Å²) in [4.78, 5) is 0. The van der Waals surface area contributed by atoms with Gasteiger partial charge in [0, 0.05) is 11.8 Å². The average Bonchev–Trinajstić information content (AvgIpc) is 2.82. The molecule has 1 saturated heterocycles. The minimum atomic E-state index is -0.251. The van der Waals surface area contributed by atoms with Gasteiger partial charge in [-0.1, -0.05) is 44.2 Å². The molecule has 2 rings (SSSR count). The Kier molecular flexibility index (Phi) is 3.07. The van der Waals surface area contributed by atoms with E-state index in [1.807, 2.05) is 6.08 Å². The quantitative estimate of drug-likeness (QED) is 0.613. The van der Waals surface area contributed by atoms with E-state index in [4.69, 9.17) is 4.74 Å². The summed E-state index contributed by atoms with van der Waals surface area (Å²) in [5, 5.41) is 9.95. The van der Waals surface area contributed by atoms with Gasteiger partial charge in [-0.15, -0.1) is 0 Å². The number of hydrogen-bond acceptors (Lipinski definition) is 2. The normalized spacial score (nSPS) is 42.7. The standard InChI is InChI=1S/C16H24O2/c1-6-7-12(2)8-9-16-14(3,4)10-13(17)11-15(16,5)18-16/h6-9,13,17H,1,10-11H2,2-5H3/b9-8+,12-7+/t13-,15+,16-/m0/s1. The van der Waals surface area contributed by atoms with Gasteiger partial charge in [0.25, 0.3) is 0 Å². The van der Waals surface area contributed by atoms with Gasteiger partial charge in [0.05, 0.1) is 6.10 Å². The van der Waals surface area contributed by atoms with Gasteiger partial charge in [0.2, 0.25) is 0 Å². The van der Waals surface area contributed by atoms with E-state index in [1.165, 1.54) is 5.57 Å². The number of aliphatic hydroxyl groups excluding tert-OH is 1. The van der Waals surface area contributed by atoms with Crippen molar-refractivity contribution in [2.75, 3.05) is 0 Å². The van der Waals surface area contributed by atoms with E-state index < -0.39 is 0 Å². The Bertz CT molecular complexity index is 419. The number of fused-ring (bicyclic) bond motifs is 1. The van der Waals surface area contributed by atoms with E-state index in [0.29, 0.717) is 0 Å². The summed E-state index contributed by atoms with van der Waals surface area (Å²) >= 11 is 0. The number of hydrogen-bond donors (Lipinski definition) is 1. The predicted octanol–water partition coefficient (Wildman–Crippen LogP) is 3.38. The molecule has 3 atom stereocenters. The van der Waals surface area contributed by atoms with Crippen molar-refractivity contribution in [3.8, 4) is 0 Å². The summed E-state index contributed by atoms with van der Waals surface area (Å²) in [7, 11) is 0. The molecule has 100 valence electrons. The maximum atomic E-state index is 9.95. The molecule has 1 aliphatic heterocycles. The minimum Gasteiger partial charge on any atom is -0.393 e. The number of rotatable bonds is 3. The first kappa shape index (κ1) is 13.6. The minimum absolute atomic E-state index is 0.0373. The Hall–Kier alpha value is -0.860. The Morgan fingerprint density at radius 1 is 1.33 bits per heavy atom. The van der Waals surface area contributed by atoms with Gasteiger partial charge in [-0.25, -0.2) is 0 Å². The summed E-state index contributed by atoms with van der Waals surface area (Å²) in [5.74, 6) is 0. The van der Waals surface area contributed by atoms with Gasteiger partial charge in [-0.2, -0.15) is 0 Å². The highest BCUT2D eigenvalue weighted by Gasteiger charge is 2.74. The van der Waals surface area contributed by atoms with Crippen molar-refractivity contribution < 1.29 is 9.84 Å². The van der Waals surface area contributed by atoms with E-state index >= 15 is 0 Å². The second-order valence-electron chi connectivity index (χ2n) is 6.49. The molecule has 0 amide bonds. The fraction of sp³-hybridized carbons (Fsp3) is 0.625. The van der Waals surface area contributed by atoms with Crippen molar-refractivity contribution in [2.24, 2.45) is 5.41 Å². The Morgan fingerprint density at radius 3 is 2.56 bits per heavy atom. The molecule has 0 aromatic carbocycles. The first-order valence-corrected chi connectivity index (χ1v) is 6.63. The number of epoxide rings is 1. The van der Waals surface area contributed by atoms with E-state index in [2.05, 4.69) is 46.4 Å². The van der Waals surface area contributed by atoms with E-state index in [-0.39, 0.29) is 22.7 Å². The fourth-order valence-corrected chi connectivity index (χ4v) is 3.57. The largest absolute Gasteiger partial charge is 0.393 e. The van der Waals surface area contributed by atoms with Crippen molar-refractivity contribution in [3.05, 3.63) is 36.5 Å². The molecule has 1 N–H and O–H groups in total. The Morgan fingerprint density at radius 2 is 2.00 bits per heavy atom. The summed E-state index contributed by atoms with van der Waals surface area (Å²) in [5.41, 5.74) is 0.693. The van der Waals surface area contributed by atoms with Crippen LogP contribution in [0.1, 0.15) is 40.5 Å². The van der Waals surface area contributed by atoms with Crippen LogP contribution in [0.25, 0.3) is 0 Å². The van der Waals surface area contributed by atoms with Crippen molar-refractivity contribution in [3.63, 3.8) is 0 Å². The highest BCUT2D eigenvalue weighted by atomic mass is 16.6. The van der Waals surface area contributed by atoms with Crippen LogP contribution in [0.3, 0.4) is 0 Å². The lowest BCUT2D eigenvalue weighted by atomic mass is 9.63. The van der Waals surface area contributed by atoms with Crippen LogP contribution in [0.4, 0.5) is 0 Å². The molecule has 18 heavy (non-hydrogen) atoms. The average molecular weight is 248 g/mol. The topological polar surface area (TPSA) is 32.8 Å². The molecule has 2 aliphatic rings. The molecule has 0 spiro atoms. The summed E-state index contributed by atoms with van der Waals surface area (Å²) in [6, 6.07) is 0. The molecule has 2 heteroatoms. The molecule has 1 heterocycles. The Balaban J connectivity index is 2.27. The lowest BCUT2D eigenvalue weighted by Gasteiger charge is -2.39. The molecule has 1 saturated carbocycles. The third-order valence-corrected chi connectivity index (χ3v) is 4.47. The van der Waals surface area contributed by atoms with E-state index in [0.717, 1.165) is 12.8 Å². The molecule has 0 aromatic rings. The molecule has 2 fully saturated rings. The second-order valence-corrected chi connectivity index (χ2v) is 6.49.